The number of anilines is 2. The van der Waals surface area contributed by atoms with E-state index < -0.39 is 30.1 Å². The SMILES string of the molecule is CN(C)C(=O)Oc1ccc(C[C@H](Nc2ncnc(NC(Cc3ccccc3)C(N)=O)n2)C(=O)O)cc1. The van der Waals surface area contributed by atoms with Gasteiger partial charge in [-0.3, -0.25) is 4.79 Å². The van der Waals surface area contributed by atoms with Gasteiger partial charge >= 0.3 is 12.1 Å². The Morgan fingerprint density at radius 1 is 0.917 bits per heavy atom. The second-order valence-electron chi connectivity index (χ2n) is 8.07. The summed E-state index contributed by atoms with van der Waals surface area (Å²) in [6.45, 7) is 0. The van der Waals surface area contributed by atoms with Crippen molar-refractivity contribution in [2.75, 3.05) is 24.7 Å². The predicted molar refractivity (Wildman–Crippen MR) is 131 cm³/mol. The maximum atomic E-state index is 11.9. The number of amides is 2. The Labute approximate surface area is 207 Å². The Kier molecular flexibility index (Phi) is 8.70. The summed E-state index contributed by atoms with van der Waals surface area (Å²) in [5.41, 5.74) is 7.11. The van der Waals surface area contributed by atoms with E-state index in [0.29, 0.717) is 17.7 Å². The molecule has 2 atom stereocenters. The molecule has 0 aliphatic heterocycles. The zero-order chi connectivity index (χ0) is 26.1. The summed E-state index contributed by atoms with van der Waals surface area (Å²) in [6.07, 6.45) is 1.10. The molecule has 0 fully saturated rings. The number of hydrogen-bond donors (Lipinski definition) is 4. The number of carboxylic acids is 1. The topological polar surface area (TPSA) is 173 Å². The number of ether oxygens (including phenoxy) is 1. The molecule has 2 aromatic carbocycles. The van der Waals surface area contributed by atoms with E-state index in [1.807, 2.05) is 30.3 Å². The first-order valence-electron chi connectivity index (χ1n) is 11.0. The van der Waals surface area contributed by atoms with Crippen molar-refractivity contribution in [3.8, 4) is 5.75 Å². The maximum Gasteiger partial charge on any atom is 0.414 e. The van der Waals surface area contributed by atoms with Gasteiger partial charge < -0.3 is 31.1 Å². The number of aliphatic carboxylic acids is 1. The number of carbonyl (C=O) groups is 3. The fourth-order valence-corrected chi connectivity index (χ4v) is 3.14. The lowest BCUT2D eigenvalue weighted by Crippen LogP contribution is -2.38. The number of nitrogens with one attached hydrogen (secondary N) is 2. The minimum absolute atomic E-state index is 0.0133. The molecule has 0 aliphatic rings. The lowest BCUT2D eigenvalue weighted by molar-refractivity contribution is -0.137. The van der Waals surface area contributed by atoms with Gasteiger partial charge in [-0.05, 0) is 23.3 Å². The number of benzene rings is 2. The molecular formula is C24H27N7O5. The first-order chi connectivity index (χ1) is 17.2. The Hall–Kier alpha value is -4.74. The molecule has 0 bridgehead atoms. The van der Waals surface area contributed by atoms with Crippen molar-refractivity contribution in [1.82, 2.24) is 19.9 Å². The summed E-state index contributed by atoms with van der Waals surface area (Å²) in [5.74, 6) is -1.28. The number of rotatable bonds is 11. The number of nitrogens with two attached hydrogens (primary N) is 1. The Morgan fingerprint density at radius 2 is 1.47 bits per heavy atom. The fourth-order valence-electron chi connectivity index (χ4n) is 3.14. The molecule has 188 valence electrons. The number of hydrogen-bond acceptors (Lipinski definition) is 9. The summed E-state index contributed by atoms with van der Waals surface area (Å²) >= 11 is 0. The van der Waals surface area contributed by atoms with E-state index in [0.717, 1.165) is 5.56 Å². The molecule has 0 radical (unpaired) electrons. The third-order valence-electron chi connectivity index (χ3n) is 5.04. The average Bonchev–Trinajstić information content (AvgIpc) is 2.85. The van der Waals surface area contributed by atoms with E-state index in [9.17, 15) is 19.5 Å². The normalized spacial score (nSPS) is 12.2. The van der Waals surface area contributed by atoms with Crippen LogP contribution in [-0.4, -0.2) is 69.1 Å². The van der Waals surface area contributed by atoms with E-state index in [4.69, 9.17) is 10.5 Å². The smallest absolute Gasteiger partial charge is 0.414 e. The van der Waals surface area contributed by atoms with Crippen LogP contribution in [0.4, 0.5) is 16.7 Å². The van der Waals surface area contributed by atoms with E-state index in [-0.39, 0.29) is 18.3 Å². The van der Waals surface area contributed by atoms with Crippen LogP contribution < -0.4 is 21.1 Å². The summed E-state index contributed by atoms with van der Waals surface area (Å²) in [4.78, 5) is 48.9. The lowest BCUT2D eigenvalue weighted by atomic mass is 10.1. The van der Waals surface area contributed by atoms with Crippen LogP contribution in [0.3, 0.4) is 0 Å². The van der Waals surface area contributed by atoms with Gasteiger partial charge in [0.2, 0.25) is 17.8 Å². The molecule has 0 aliphatic carbocycles. The van der Waals surface area contributed by atoms with E-state index >= 15 is 0 Å². The molecule has 3 rings (SSSR count). The van der Waals surface area contributed by atoms with Crippen LogP contribution in [0.2, 0.25) is 0 Å². The molecule has 5 N–H and O–H groups in total. The van der Waals surface area contributed by atoms with Gasteiger partial charge in [0.15, 0.2) is 0 Å². The van der Waals surface area contributed by atoms with Crippen LogP contribution in [0.1, 0.15) is 11.1 Å². The maximum absolute atomic E-state index is 11.9. The van der Waals surface area contributed by atoms with Gasteiger partial charge in [0, 0.05) is 26.9 Å². The minimum atomic E-state index is -1.12. The number of aromatic nitrogens is 3. The first-order valence-corrected chi connectivity index (χ1v) is 11.0. The predicted octanol–water partition coefficient (Wildman–Crippen LogP) is 1.55. The second kappa shape index (κ2) is 12.1. The summed E-state index contributed by atoms with van der Waals surface area (Å²) in [7, 11) is 3.14. The van der Waals surface area contributed by atoms with Gasteiger partial charge in [0.05, 0.1) is 0 Å². The summed E-state index contributed by atoms with van der Waals surface area (Å²) in [5, 5.41) is 15.3. The minimum Gasteiger partial charge on any atom is -0.480 e. The quantitative estimate of drug-likeness (QED) is 0.307. The molecule has 2 amide bonds. The molecule has 0 saturated heterocycles. The number of nitrogens with zero attached hydrogens (tertiary/aromatic N) is 4. The second-order valence-corrected chi connectivity index (χ2v) is 8.07. The molecule has 36 heavy (non-hydrogen) atoms. The van der Waals surface area contributed by atoms with Crippen molar-refractivity contribution in [2.45, 2.75) is 24.9 Å². The molecule has 1 unspecified atom stereocenters. The van der Waals surface area contributed by atoms with Crippen LogP contribution in [0.25, 0.3) is 0 Å². The van der Waals surface area contributed by atoms with Crippen LogP contribution in [0.5, 0.6) is 5.75 Å². The Balaban J connectivity index is 1.66. The van der Waals surface area contributed by atoms with Crippen molar-refractivity contribution >= 4 is 29.9 Å². The van der Waals surface area contributed by atoms with E-state index in [1.54, 1.807) is 38.4 Å². The van der Waals surface area contributed by atoms with Gasteiger partial charge in [-0.15, -0.1) is 0 Å². The molecule has 12 nitrogen and oxygen atoms in total. The third kappa shape index (κ3) is 7.65. The highest BCUT2D eigenvalue weighted by molar-refractivity contribution is 5.83. The monoisotopic (exact) mass is 493 g/mol. The molecule has 1 aromatic heterocycles. The highest BCUT2D eigenvalue weighted by atomic mass is 16.6. The van der Waals surface area contributed by atoms with Gasteiger partial charge in [-0.25, -0.2) is 19.6 Å². The van der Waals surface area contributed by atoms with Crippen molar-refractivity contribution in [3.63, 3.8) is 0 Å². The average molecular weight is 494 g/mol. The van der Waals surface area contributed by atoms with Crippen molar-refractivity contribution in [1.29, 1.82) is 0 Å². The van der Waals surface area contributed by atoms with Gasteiger partial charge in [-0.2, -0.15) is 4.98 Å². The van der Waals surface area contributed by atoms with Crippen LogP contribution in [0.15, 0.2) is 60.9 Å². The molecule has 0 spiro atoms. The highest BCUT2D eigenvalue weighted by Crippen LogP contribution is 2.16. The Bertz CT molecular complexity index is 1190. The lowest BCUT2D eigenvalue weighted by Gasteiger charge is -2.17. The van der Waals surface area contributed by atoms with Gasteiger partial charge in [0.25, 0.3) is 0 Å². The number of primary amides is 1. The Morgan fingerprint density at radius 3 is 2.03 bits per heavy atom. The van der Waals surface area contributed by atoms with Gasteiger partial charge in [-0.1, -0.05) is 42.5 Å². The highest BCUT2D eigenvalue weighted by Gasteiger charge is 2.21. The molecule has 0 saturated carbocycles. The van der Waals surface area contributed by atoms with E-state index in [1.165, 1.54) is 11.2 Å². The van der Waals surface area contributed by atoms with Crippen molar-refractivity contribution in [2.24, 2.45) is 5.73 Å². The van der Waals surface area contributed by atoms with Crippen LogP contribution in [0, 0.1) is 0 Å². The van der Waals surface area contributed by atoms with Crippen LogP contribution in [-0.2, 0) is 22.4 Å². The zero-order valence-electron chi connectivity index (χ0n) is 19.8. The molecule has 12 heteroatoms. The number of carboxylic acid groups (broad SMARTS) is 1. The van der Waals surface area contributed by atoms with Gasteiger partial charge in [0.1, 0.15) is 24.2 Å². The summed E-state index contributed by atoms with van der Waals surface area (Å²) in [6, 6.07) is 14.0. The molecule has 3 aromatic rings. The van der Waals surface area contributed by atoms with Crippen LogP contribution >= 0.6 is 0 Å². The zero-order valence-corrected chi connectivity index (χ0v) is 19.8. The standard InChI is InChI=1S/C24H27N7O5/c1-31(2)24(35)36-17-10-8-16(9-11-17)13-19(21(33)34)29-23-27-14-26-22(30-23)28-18(20(25)32)12-15-6-4-3-5-7-15/h3-11,14,18-19H,12-13H2,1-2H3,(H2,25,32)(H,33,34)(H2,26,27,28,29,30)/t18?,19-/m0/s1. The summed E-state index contributed by atoms with van der Waals surface area (Å²) < 4.78 is 5.17. The first kappa shape index (κ1) is 25.9. The number of carbonyl (C=O) groups excluding carboxylic acids is 2. The fraction of sp³-hybridized carbons (Fsp3) is 0.250. The molecular weight excluding hydrogens is 466 g/mol. The molecule has 1 heterocycles. The van der Waals surface area contributed by atoms with Crippen molar-refractivity contribution < 1.29 is 24.2 Å². The van der Waals surface area contributed by atoms with E-state index in [2.05, 4.69) is 25.6 Å². The third-order valence-corrected chi connectivity index (χ3v) is 5.04. The largest absolute Gasteiger partial charge is 0.480 e. The van der Waals surface area contributed by atoms with Crippen molar-refractivity contribution in [3.05, 3.63) is 72.1 Å².